The molecule has 0 unspecified atom stereocenters. The lowest BCUT2D eigenvalue weighted by atomic mass is 10.2. The van der Waals surface area contributed by atoms with Crippen LogP contribution in [-0.4, -0.2) is 53.6 Å². The number of nitrogens with zero attached hydrogens (tertiary/aromatic N) is 2. The van der Waals surface area contributed by atoms with Crippen LogP contribution in [0.15, 0.2) is 47.6 Å². The fourth-order valence-corrected chi connectivity index (χ4v) is 2.33. The molecular weight excluding hydrogens is 364 g/mol. The molecule has 0 aromatic heterocycles. The molecule has 8 heteroatoms. The first-order valence-corrected chi connectivity index (χ1v) is 8.46. The predicted octanol–water partition coefficient (Wildman–Crippen LogP) is 2.39. The van der Waals surface area contributed by atoms with E-state index in [1.807, 2.05) is 31.2 Å². The Hall–Kier alpha value is -3.55. The van der Waals surface area contributed by atoms with Crippen LogP contribution in [0.25, 0.3) is 0 Å². The average Bonchev–Trinajstić information content (AvgIpc) is 2.65. The van der Waals surface area contributed by atoms with Crippen molar-refractivity contribution in [2.75, 3.05) is 20.2 Å². The largest absolute Gasteiger partial charge is 0.493 e. The van der Waals surface area contributed by atoms with Crippen molar-refractivity contribution in [1.82, 2.24) is 5.01 Å². The lowest BCUT2D eigenvalue weighted by Gasteiger charge is -2.14. The minimum absolute atomic E-state index is 0.384. The molecule has 0 saturated heterocycles. The number of hydrogen-bond donors (Lipinski definition) is 2. The van der Waals surface area contributed by atoms with Crippen molar-refractivity contribution in [2.45, 2.75) is 13.5 Å². The van der Waals surface area contributed by atoms with Gasteiger partial charge in [0.25, 0.3) is 0 Å². The second-order valence-electron chi connectivity index (χ2n) is 6.04. The monoisotopic (exact) mass is 386 g/mol. The Labute approximate surface area is 162 Å². The van der Waals surface area contributed by atoms with Gasteiger partial charge in [0.2, 0.25) is 0 Å². The second-order valence-corrected chi connectivity index (χ2v) is 6.04. The smallest absolute Gasteiger partial charge is 0.324 e. The first-order valence-electron chi connectivity index (χ1n) is 8.46. The number of hydrogen-bond acceptors (Lipinski definition) is 6. The molecule has 0 heterocycles. The van der Waals surface area contributed by atoms with Gasteiger partial charge in [0.1, 0.15) is 19.7 Å². The van der Waals surface area contributed by atoms with E-state index >= 15 is 0 Å². The molecule has 0 saturated carbocycles. The lowest BCUT2D eigenvalue weighted by Crippen LogP contribution is -2.30. The molecular formula is C20H22N2O6. The number of rotatable bonds is 10. The van der Waals surface area contributed by atoms with Gasteiger partial charge in [-0.15, -0.1) is 0 Å². The van der Waals surface area contributed by atoms with E-state index in [0.29, 0.717) is 23.7 Å². The first kappa shape index (κ1) is 20.8. The Balaban J connectivity index is 2.09. The average molecular weight is 386 g/mol. The third-order valence-electron chi connectivity index (χ3n) is 3.71. The number of ether oxygens (including phenoxy) is 2. The molecule has 0 amide bonds. The van der Waals surface area contributed by atoms with Crippen LogP contribution in [-0.2, 0) is 16.2 Å². The lowest BCUT2D eigenvalue weighted by molar-refractivity contribution is -0.141. The van der Waals surface area contributed by atoms with Gasteiger partial charge in [-0.1, -0.05) is 29.8 Å². The summed E-state index contributed by atoms with van der Waals surface area (Å²) in [6.45, 7) is 1.37. The summed E-state index contributed by atoms with van der Waals surface area (Å²) in [6.07, 6.45) is 1.37. The van der Waals surface area contributed by atoms with Crippen LogP contribution in [0.5, 0.6) is 11.5 Å². The number of hydrazone groups is 1. The Morgan fingerprint density at radius 3 is 2.25 bits per heavy atom. The highest BCUT2D eigenvalue weighted by Crippen LogP contribution is 2.28. The Kier molecular flexibility index (Phi) is 7.38. The third kappa shape index (κ3) is 6.64. The molecule has 28 heavy (non-hydrogen) atoms. The maximum absolute atomic E-state index is 10.8. The number of aryl methyl sites for hydroxylation is 1. The number of benzene rings is 2. The maximum Gasteiger partial charge on any atom is 0.324 e. The van der Waals surface area contributed by atoms with Gasteiger partial charge in [0.15, 0.2) is 11.5 Å². The van der Waals surface area contributed by atoms with Crippen LogP contribution < -0.4 is 9.47 Å². The summed E-state index contributed by atoms with van der Waals surface area (Å²) in [5.41, 5.74) is 2.81. The van der Waals surface area contributed by atoms with Crippen molar-refractivity contribution in [3.05, 3.63) is 59.2 Å². The van der Waals surface area contributed by atoms with Crippen molar-refractivity contribution < 1.29 is 29.3 Å². The van der Waals surface area contributed by atoms with Crippen LogP contribution in [0, 0.1) is 6.92 Å². The summed E-state index contributed by atoms with van der Waals surface area (Å²) in [5, 5.41) is 22.5. The quantitative estimate of drug-likeness (QED) is 0.477. The zero-order valence-electron chi connectivity index (χ0n) is 15.7. The number of carboxylic acids is 2. The first-order chi connectivity index (χ1) is 13.4. The highest BCUT2D eigenvalue weighted by Gasteiger charge is 2.11. The van der Waals surface area contributed by atoms with E-state index in [0.717, 1.165) is 10.6 Å². The van der Waals surface area contributed by atoms with Gasteiger partial charge in [-0.25, -0.2) is 0 Å². The van der Waals surface area contributed by atoms with Crippen molar-refractivity contribution in [3.63, 3.8) is 0 Å². The van der Waals surface area contributed by atoms with Gasteiger partial charge in [-0.05, 0) is 36.2 Å². The highest BCUT2D eigenvalue weighted by atomic mass is 16.5. The molecule has 0 bridgehead atoms. The van der Waals surface area contributed by atoms with Gasteiger partial charge in [-0.3, -0.25) is 14.6 Å². The Morgan fingerprint density at radius 1 is 1.04 bits per heavy atom. The third-order valence-corrected chi connectivity index (χ3v) is 3.71. The number of carbonyl (C=O) groups is 2. The molecule has 2 aromatic carbocycles. The number of carboxylic acid groups (broad SMARTS) is 2. The minimum atomic E-state index is -1.17. The van der Waals surface area contributed by atoms with E-state index in [1.165, 1.54) is 18.9 Å². The van der Waals surface area contributed by atoms with Gasteiger partial charge < -0.3 is 19.7 Å². The number of methoxy groups -OCH3 is 1. The SMILES string of the molecule is COc1cc(/C=N\N(CC(=O)O)CC(=O)O)ccc1OCc1ccc(C)cc1. The fourth-order valence-electron chi connectivity index (χ4n) is 2.33. The zero-order valence-corrected chi connectivity index (χ0v) is 15.7. The molecule has 2 rings (SSSR count). The Morgan fingerprint density at radius 2 is 1.68 bits per heavy atom. The molecule has 0 aliphatic carbocycles. The van der Waals surface area contributed by atoms with E-state index < -0.39 is 25.0 Å². The van der Waals surface area contributed by atoms with E-state index in [2.05, 4.69) is 5.10 Å². The van der Waals surface area contributed by atoms with Crippen LogP contribution in [0.2, 0.25) is 0 Å². The van der Waals surface area contributed by atoms with Crippen LogP contribution in [0.1, 0.15) is 16.7 Å². The summed E-state index contributed by atoms with van der Waals surface area (Å²) >= 11 is 0. The van der Waals surface area contributed by atoms with Crippen LogP contribution in [0.3, 0.4) is 0 Å². The molecule has 0 aliphatic rings. The van der Waals surface area contributed by atoms with Gasteiger partial charge in [-0.2, -0.15) is 5.10 Å². The molecule has 148 valence electrons. The van der Waals surface area contributed by atoms with Crippen molar-refractivity contribution in [1.29, 1.82) is 0 Å². The molecule has 0 fully saturated rings. The summed E-state index contributed by atoms with van der Waals surface area (Å²) in [4.78, 5) is 21.6. The fraction of sp³-hybridized carbons (Fsp3) is 0.250. The molecule has 0 spiro atoms. The molecule has 8 nitrogen and oxygen atoms in total. The topological polar surface area (TPSA) is 109 Å². The number of aliphatic carboxylic acids is 2. The van der Waals surface area contributed by atoms with E-state index in [1.54, 1.807) is 18.2 Å². The van der Waals surface area contributed by atoms with E-state index in [9.17, 15) is 9.59 Å². The van der Waals surface area contributed by atoms with Gasteiger partial charge >= 0.3 is 11.9 Å². The maximum atomic E-state index is 10.8. The highest BCUT2D eigenvalue weighted by molar-refractivity contribution is 5.81. The molecule has 0 radical (unpaired) electrons. The second kappa shape index (κ2) is 9.96. The predicted molar refractivity (Wildman–Crippen MR) is 103 cm³/mol. The van der Waals surface area contributed by atoms with Crippen molar-refractivity contribution in [2.24, 2.45) is 5.10 Å². The molecule has 2 N–H and O–H groups in total. The summed E-state index contributed by atoms with van der Waals surface area (Å²) < 4.78 is 11.1. The van der Waals surface area contributed by atoms with E-state index in [-0.39, 0.29) is 0 Å². The molecule has 0 atom stereocenters. The summed E-state index contributed by atoms with van der Waals surface area (Å²) in [7, 11) is 1.51. The Bertz CT molecular complexity index is 832. The van der Waals surface area contributed by atoms with Crippen LogP contribution >= 0.6 is 0 Å². The molecule has 0 aliphatic heterocycles. The zero-order chi connectivity index (χ0) is 20.5. The standard InChI is InChI=1S/C20H22N2O6/c1-14-3-5-15(6-4-14)13-28-17-8-7-16(9-18(17)27-2)10-21-22(11-19(23)24)12-20(25)26/h3-10H,11-13H2,1-2H3,(H,23,24)(H,25,26)/b21-10-. The summed E-state index contributed by atoms with van der Waals surface area (Å²) in [5.74, 6) is -1.31. The van der Waals surface area contributed by atoms with Gasteiger partial charge in [0, 0.05) is 0 Å². The van der Waals surface area contributed by atoms with E-state index in [4.69, 9.17) is 19.7 Å². The van der Waals surface area contributed by atoms with Gasteiger partial charge in [0.05, 0.1) is 13.3 Å². The minimum Gasteiger partial charge on any atom is -0.493 e. The van der Waals surface area contributed by atoms with Crippen molar-refractivity contribution >= 4 is 18.2 Å². The molecule has 2 aromatic rings. The van der Waals surface area contributed by atoms with Crippen molar-refractivity contribution in [3.8, 4) is 11.5 Å². The normalized spacial score (nSPS) is 10.6. The summed E-state index contributed by atoms with van der Waals surface area (Å²) in [6, 6.07) is 13.1. The van der Waals surface area contributed by atoms with Crippen LogP contribution in [0.4, 0.5) is 0 Å².